The molecule has 0 aliphatic carbocycles. The highest BCUT2D eigenvalue weighted by Gasteiger charge is 2.28. The van der Waals surface area contributed by atoms with E-state index in [4.69, 9.17) is 9.90 Å². The molecule has 0 radical (unpaired) electrons. The van der Waals surface area contributed by atoms with Gasteiger partial charge in [-0.3, -0.25) is 19.9 Å². The molecule has 7 nitrogen and oxygen atoms in total. The number of aromatic nitrogens is 4. The molecule has 0 spiro atoms. The molecule has 118 valence electrons. The number of carbonyl (C=O) groups excluding carboxylic acids is 1. The van der Waals surface area contributed by atoms with Crippen molar-refractivity contribution in [3.63, 3.8) is 0 Å². The van der Waals surface area contributed by atoms with Crippen LogP contribution in [0.4, 0.5) is 13.2 Å². The maximum absolute atomic E-state index is 10.5. The van der Waals surface area contributed by atoms with Crippen molar-refractivity contribution < 1.29 is 28.8 Å². The van der Waals surface area contributed by atoms with Crippen LogP contribution in [0.3, 0.4) is 0 Å². The quantitative estimate of drug-likeness (QED) is 0.800. The Morgan fingerprint density at radius 3 is 2.18 bits per heavy atom. The molecule has 0 amide bonds. The lowest BCUT2D eigenvalue weighted by Gasteiger charge is -2.06. The number of carboxylic acids is 1. The van der Waals surface area contributed by atoms with Gasteiger partial charge in [-0.05, 0) is 6.92 Å². The lowest BCUT2D eigenvalue weighted by Crippen LogP contribution is -2.52. The van der Waals surface area contributed by atoms with Crippen molar-refractivity contribution in [2.24, 2.45) is 0 Å². The van der Waals surface area contributed by atoms with Gasteiger partial charge in [0.2, 0.25) is 0 Å². The molecule has 0 aliphatic heterocycles. The topological polar surface area (TPSA) is 119 Å². The Labute approximate surface area is 123 Å². The zero-order valence-corrected chi connectivity index (χ0v) is 11.4. The van der Waals surface area contributed by atoms with Crippen LogP contribution >= 0.6 is 0 Å². The molecule has 22 heavy (non-hydrogen) atoms. The van der Waals surface area contributed by atoms with E-state index in [0.29, 0.717) is 0 Å². The van der Waals surface area contributed by atoms with Gasteiger partial charge in [-0.2, -0.15) is 13.2 Å². The minimum absolute atomic E-state index is 0.0794. The van der Waals surface area contributed by atoms with E-state index >= 15 is 0 Å². The second kappa shape index (κ2) is 7.41. The largest absolute Gasteiger partial charge is 0.542 e. The molecule has 2 rings (SSSR count). The highest BCUT2D eigenvalue weighted by atomic mass is 19.4. The van der Waals surface area contributed by atoms with Crippen molar-refractivity contribution >= 4 is 5.97 Å². The first-order chi connectivity index (χ1) is 10.2. The fraction of sp³-hybridized carbons (Fsp3) is 0.250. The Hall–Kier alpha value is -2.62. The number of rotatable bonds is 2. The Kier molecular flexibility index (Phi) is 5.87. The van der Waals surface area contributed by atoms with Crippen LogP contribution in [-0.4, -0.2) is 32.1 Å². The van der Waals surface area contributed by atoms with E-state index in [9.17, 15) is 13.2 Å². The van der Waals surface area contributed by atoms with Crippen LogP contribution in [0.15, 0.2) is 31.0 Å². The number of carbonyl (C=O) groups is 1. The molecule has 2 aromatic heterocycles. The third kappa shape index (κ3) is 5.05. The lowest BCUT2D eigenvalue weighted by molar-refractivity contribution is -0.421. The average Bonchev–Trinajstić information content (AvgIpc) is 2.48. The van der Waals surface area contributed by atoms with Crippen molar-refractivity contribution in [3.05, 3.63) is 36.7 Å². The Balaban J connectivity index is 0.000000295. The van der Waals surface area contributed by atoms with Crippen LogP contribution in [0.1, 0.15) is 18.7 Å². The highest BCUT2D eigenvalue weighted by molar-refractivity contribution is 5.70. The summed E-state index contributed by atoms with van der Waals surface area (Å²) in [6.45, 7) is 1.98. The lowest BCUT2D eigenvalue weighted by atomic mass is 10.1. The SMILES string of the molecule is C[C@H]([NH3+])c1nccnc1-c1cnccn1.O=C([O-])C(F)(F)F. The molecular formula is C12H12F3N5O2. The van der Waals surface area contributed by atoms with Gasteiger partial charge < -0.3 is 15.6 Å². The minimum Gasteiger partial charge on any atom is -0.542 e. The second-order valence-corrected chi connectivity index (χ2v) is 4.07. The summed E-state index contributed by atoms with van der Waals surface area (Å²) in [4.78, 5) is 25.5. The van der Waals surface area contributed by atoms with E-state index in [1.54, 1.807) is 31.0 Å². The van der Waals surface area contributed by atoms with Gasteiger partial charge >= 0.3 is 6.18 Å². The number of nitrogens with zero attached hydrogens (tertiary/aromatic N) is 4. The van der Waals surface area contributed by atoms with E-state index in [-0.39, 0.29) is 6.04 Å². The van der Waals surface area contributed by atoms with Crippen molar-refractivity contribution in [2.45, 2.75) is 19.1 Å². The number of hydrogen-bond acceptors (Lipinski definition) is 6. The fourth-order valence-corrected chi connectivity index (χ4v) is 1.33. The molecule has 2 aromatic rings. The molecular weight excluding hydrogens is 303 g/mol. The average molecular weight is 315 g/mol. The summed E-state index contributed by atoms with van der Waals surface area (Å²) >= 11 is 0. The summed E-state index contributed by atoms with van der Waals surface area (Å²) in [5, 5.41) is 8.78. The Bertz CT molecular complexity index is 620. The standard InChI is InChI=1S/C10H11N5.C2HF3O2/c1-7(11)9-10(15-5-4-14-9)8-6-12-2-3-13-8;3-2(4,5)1(6)7/h2-7H,11H2,1H3;(H,6,7)/t7-;/m0./s1. The molecule has 0 aliphatic rings. The number of halogens is 3. The molecule has 0 saturated carbocycles. The smallest absolute Gasteiger partial charge is 0.430 e. The van der Waals surface area contributed by atoms with Gasteiger partial charge in [-0.1, -0.05) is 0 Å². The van der Waals surface area contributed by atoms with E-state index in [0.717, 1.165) is 17.1 Å². The van der Waals surface area contributed by atoms with Gasteiger partial charge in [0.05, 0.1) is 6.20 Å². The van der Waals surface area contributed by atoms with Crippen LogP contribution in [0.2, 0.25) is 0 Å². The number of quaternary nitrogens is 1. The maximum Gasteiger partial charge on any atom is 0.430 e. The van der Waals surface area contributed by atoms with Gasteiger partial charge in [-0.15, -0.1) is 0 Å². The van der Waals surface area contributed by atoms with Crippen molar-refractivity contribution in [1.82, 2.24) is 19.9 Å². The molecule has 0 unspecified atom stereocenters. The van der Waals surface area contributed by atoms with Gasteiger partial charge in [0.25, 0.3) is 0 Å². The molecule has 10 heteroatoms. The predicted octanol–water partition coefficient (Wildman–Crippen LogP) is -0.465. The van der Waals surface area contributed by atoms with Gasteiger partial charge in [0, 0.05) is 24.8 Å². The van der Waals surface area contributed by atoms with Gasteiger partial charge in [0.15, 0.2) is 0 Å². The van der Waals surface area contributed by atoms with Crippen molar-refractivity contribution in [2.75, 3.05) is 0 Å². The highest BCUT2D eigenvalue weighted by Crippen LogP contribution is 2.18. The van der Waals surface area contributed by atoms with E-state index < -0.39 is 12.1 Å². The number of hydrogen-bond donors (Lipinski definition) is 1. The third-order valence-electron chi connectivity index (χ3n) is 2.23. The van der Waals surface area contributed by atoms with Crippen LogP contribution in [-0.2, 0) is 4.79 Å². The zero-order valence-electron chi connectivity index (χ0n) is 11.4. The molecule has 3 N–H and O–H groups in total. The molecule has 0 saturated heterocycles. The minimum atomic E-state index is -5.19. The molecule has 0 fully saturated rings. The maximum atomic E-state index is 10.5. The van der Waals surface area contributed by atoms with E-state index in [1.807, 2.05) is 6.92 Å². The summed E-state index contributed by atoms with van der Waals surface area (Å²) < 4.78 is 31.5. The number of alkyl halides is 3. The number of carboxylic acid groups (broad SMARTS) is 1. The van der Waals surface area contributed by atoms with Crippen LogP contribution < -0.4 is 10.8 Å². The molecule has 0 aromatic carbocycles. The zero-order chi connectivity index (χ0) is 16.8. The van der Waals surface area contributed by atoms with Crippen LogP contribution in [0.5, 0.6) is 0 Å². The Morgan fingerprint density at radius 1 is 1.18 bits per heavy atom. The first-order valence-electron chi connectivity index (χ1n) is 5.92. The Morgan fingerprint density at radius 2 is 1.73 bits per heavy atom. The van der Waals surface area contributed by atoms with Gasteiger partial charge in [-0.25, -0.2) is 0 Å². The van der Waals surface area contributed by atoms with Crippen molar-refractivity contribution in [1.29, 1.82) is 0 Å². The summed E-state index contributed by atoms with van der Waals surface area (Å²) in [7, 11) is 0. The van der Waals surface area contributed by atoms with Crippen molar-refractivity contribution in [3.8, 4) is 11.4 Å². The first-order valence-corrected chi connectivity index (χ1v) is 5.92. The summed E-state index contributed by atoms with van der Waals surface area (Å²) in [5.41, 5.74) is 6.28. The summed E-state index contributed by atoms with van der Waals surface area (Å²) in [6, 6.07) is 0.0794. The monoisotopic (exact) mass is 315 g/mol. The first kappa shape index (κ1) is 17.4. The van der Waals surface area contributed by atoms with Crippen LogP contribution in [0.25, 0.3) is 11.4 Å². The normalized spacial score (nSPS) is 12.0. The number of aliphatic carboxylic acids is 1. The molecule has 0 bridgehead atoms. The van der Waals surface area contributed by atoms with Gasteiger partial charge in [0.1, 0.15) is 29.1 Å². The third-order valence-corrected chi connectivity index (χ3v) is 2.23. The molecule has 2 heterocycles. The fourth-order valence-electron chi connectivity index (χ4n) is 1.33. The summed E-state index contributed by atoms with van der Waals surface area (Å²) in [5.74, 6) is -3.01. The van der Waals surface area contributed by atoms with E-state index in [2.05, 4.69) is 25.7 Å². The predicted molar refractivity (Wildman–Crippen MR) is 65.4 cm³/mol. The molecule has 1 atom stereocenters. The second-order valence-electron chi connectivity index (χ2n) is 4.07. The summed E-state index contributed by atoms with van der Waals surface area (Å²) in [6.07, 6.45) is 3.07. The van der Waals surface area contributed by atoms with E-state index in [1.165, 1.54) is 0 Å². The van der Waals surface area contributed by atoms with Crippen LogP contribution in [0, 0.1) is 0 Å².